The quantitative estimate of drug-likeness (QED) is 0.842. The van der Waals surface area contributed by atoms with Crippen molar-refractivity contribution in [2.45, 2.75) is 39.7 Å². The van der Waals surface area contributed by atoms with Gasteiger partial charge < -0.3 is 4.90 Å². The third-order valence-electron chi connectivity index (χ3n) is 4.59. The topological polar surface area (TPSA) is 20.3 Å². The van der Waals surface area contributed by atoms with Crippen LogP contribution < -0.4 is 0 Å². The molecule has 0 unspecified atom stereocenters. The lowest BCUT2D eigenvalue weighted by atomic mass is 9.98. The van der Waals surface area contributed by atoms with Gasteiger partial charge in [-0.25, -0.2) is 0 Å². The van der Waals surface area contributed by atoms with Gasteiger partial charge in [-0.1, -0.05) is 48.0 Å². The van der Waals surface area contributed by atoms with E-state index in [4.69, 9.17) is 0 Å². The van der Waals surface area contributed by atoms with Crippen molar-refractivity contribution in [3.05, 3.63) is 70.3 Å². The van der Waals surface area contributed by atoms with Gasteiger partial charge in [0.15, 0.2) is 0 Å². The van der Waals surface area contributed by atoms with Crippen molar-refractivity contribution in [1.29, 1.82) is 0 Å². The molecule has 2 aromatic rings. The SMILES string of the molecule is Cc1ccc(CCC(=O)N2CCc3ccccc3C2)c(C)c1. The van der Waals surface area contributed by atoms with Crippen LogP contribution in [-0.2, 0) is 24.2 Å². The molecule has 1 heterocycles. The van der Waals surface area contributed by atoms with Gasteiger partial charge in [0.1, 0.15) is 0 Å². The van der Waals surface area contributed by atoms with Gasteiger partial charge in [0, 0.05) is 19.5 Å². The van der Waals surface area contributed by atoms with Crippen LogP contribution in [0.4, 0.5) is 0 Å². The summed E-state index contributed by atoms with van der Waals surface area (Å²) < 4.78 is 0. The Morgan fingerprint density at radius 2 is 1.86 bits per heavy atom. The first kappa shape index (κ1) is 14.8. The molecule has 1 aliphatic rings. The summed E-state index contributed by atoms with van der Waals surface area (Å²) in [6.07, 6.45) is 2.42. The number of fused-ring (bicyclic) bond motifs is 1. The summed E-state index contributed by atoms with van der Waals surface area (Å²) >= 11 is 0. The Hall–Kier alpha value is -2.09. The summed E-state index contributed by atoms with van der Waals surface area (Å²) in [5.41, 5.74) is 6.54. The van der Waals surface area contributed by atoms with Crippen LogP contribution in [0.5, 0.6) is 0 Å². The maximum absolute atomic E-state index is 12.5. The van der Waals surface area contributed by atoms with Gasteiger partial charge in [-0.05, 0) is 48.9 Å². The number of carbonyl (C=O) groups is 1. The molecule has 0 fully saturated rings. The molecular formula is C20H23NO. The molecule has 2 aromatic carbocycles. The second-order valence-corrected chi connectivity index (χ2v) is 6.26. The fraction of sp³-hybridized carbons (Fsp3) is 0.350. The summed E-state index contributed by atoms with van der Waals surface area (Å²) in [4.78, 5) is 14.5. The molecule has 0 aromatic heterocycles. The lowest BCUT2D eigenvalue weighted by molar-refractivity contribution is -0.132. The zero-order chi connectivity index (χ0) is 15.5. The van der Waals surface area contributed by atoms with E-state index in [9.17, 15) is 4.79 Å². The van der Waals surface area contributed by atoms with Crippen LogP contribution in [0.25, 0.3) is 0 Å². The van der Waals surface area contributed by atoms with Crippen molar-refractivity contribution in [3.63, 3.8) is 0 Å². The fourth-order valence-electron chi connectivity index (χ4n) is 3.23. The average Bonchev–Trinajstić information content (AvgIpc) is 2.53. The van der Waals surface area contributed by atoms with E-state index in [-0.39, 0.29) is 5.91 Å². The molecule has 0 radical (unpaired) electrons. The van der Waals surface area contributed by atoms with Gasteiger partial charge in [0.05, 0.1) is 0 Å². The summed E-state index contributed by atoms with van der Waals surface area (Å²) in [5.74, 6) is 0.273. The van der Waals surface area contributed by atoms with Crippen LogP contribution in [0.2, 0.25) is 0 Å². The van der Waals surface area contributed by atoms with E-state index in [1.807, 2.05) is 4.90 Å². The molecule has 0 spiro atoms. The Bertz CT molecular complexity index is 690. The minimum atomic E-state index is 0.273. The number of carbonyl (C=O) groups excluding carboxylic acids is 1. The molecule has 0 bridgehead atoms. The molecule has 114 valence electrons. The molecule has 0 aliphatic carbocycles. The van der Waals surface area contributed by atoms with Gasteiger partial charge in [-0.2, -0.15) is 0 Å². The van der Waals surface area contributed by atoms with Crippen LogP contribution in [0, 0.1) is 13.8 Å². The Labute approximate surface area is 132 Å². The van der Waals surface area contributed by atoms with Gasteiger partial charge in [0.2, 0.25) is 5.91 Å². The van der Waals surface area contributed by atoms with E-state index in [0.717, 1.165) is 25.9 Å². The summed E-state index contributed by atoms with van der Waals surface area (Å²) in [5, 5.41) is 0. The highest BCUT2D eigenvalue weighted by Crippen LogP contribution is 2.20. The molecule has 0 saturated heterocycles. The smallest absolute Gasteiger partial charge is 0.223 e. The Balaban J connectivity index is 1.61. The van der Waals surface area contributed by atoms with Crippen LogP contribution >= 0.6 is 0 Å². The largest absolute Gasteiger partial charge is 0.338 e. The number of rotatable bonds is 3. The van der Waals surface area contributed by atoms with E-state index < -0.39 is 0 Å². The van der Waals surface area contributed by atoms with Crippen molar-refractivity contribution in [2.24, 2.45) is 0 Å². The first-order valence-corrected chi connectivity index (χ1v) is 8.04. The number of benzene rings is 2. The van der Waals surface area contributed by atoms with E-state index in [2.05, 4.69) is 56.3 Å². The number of hydrogen-bond donors (Lipinski definition) is 0. The summed E-state index contributed by atoms with van der Waals surface area (Å²) in [6.45, 7) is 5.85. The van der Waals surface area contributed by atoms with Crippen LogP contribution in [0.3, 0.4) is 0 Å². The third kappa shape index (κ3) is 3.22. The maximum atomic E-state index is 12.5. The standard InChI is InChI=1S/C20H23NO/c1-15-7-8-17(16(2)13-15)9-10-20(22)21-12-11-18-5-3-4-6-19(18)14-21/h3-8,13H,9-12,14H2,1-2H3. The molecule has 2 heteroatoms. The average molecular weight is 293 g/mol. The summed E-state index contributed by atoms with van der Waals surface area (Å²) in [7, 11) is 0. The normalized spacial score (nSPS) is 13.8. The van der Waals surface area contributed by atoms with Gasteiger partial charge in [-0.15, -0.1) is 0 Å². The molecule has 3 rings (SSSR count). The first-order valence-electron chi connectivity index (χ1n) is 8.04. The van der Waals surface area contributed by atoms with Crippen molar-refractivity contribution in [3.8, 4) is 0 Å². The van der Waals surface area contributed by atoms with Crippen LogP contribution in [-0.4, -0.2) is 17.4 Å². The maximum Gasteiger partial charge on any atom is 0.223 e. The van der Waals surface area contributed by atoms with Crippen molar-refractivity contribution in [1.82, 2.24) is 4.90 Å². The molecule has 0 saturated carbocycles. The molecular weight excluding hydrogens is 270 g/mol. The van der Waals surface area contributed by atoms with E-state index >= 15 is 0 Å². The second-order valence-electron chi connectivity index (χ2n) is 6.26. The summed E-state index contributed by atoms with van der Waals surface area (Å²) in [6, 6.07) is 14.9. The van der Waals surface area contributed by atoms with E-state index in [1.165, 1.54) is 27.8 Å². The van der Waals surface area contributed by atoms with Crippen molar-refractivity contribution < 1.29 is 4.79 Å². The molecule has 1 amide bonds. The van der Waals surface area contributed by atoms with E-state index in [0.29, 0.717) is 6.42 Å². The minimum absolute atomic E-state index is 0.273. The highest BCUT2D eigenvalue weighted by Gasteiger charge is 2.20. The fourth-order valence-corrected chi connectivity index (χ4v) is 3.23. The highest BCUT2D eigenvalue weighted by molar-refractivity contribution is 5.76. The van der Waals surface area contributed by atoms with Gasteiger partial charge in [-0.3, -0.25) is 4.79 Å². The molecule has 22 heavy (non-hydrogen) atoms. The number of amides is 1. The van der Waals surface area contributed by atoms with E-state index in [1.54, 1.807) is 0 Å². The lowest BCUT2D eigenvalue weighted by Crippen LogP contribution is -2.36. The number of aryl methyl sites for hydroxylation is 3. The highest BCUT2D eigenvalue weighted by atomic mass is 16.2. The monoisotopic (exact) mass is 293 g/mol. The van der Waals surface area contributed by atoms with Crippen molar-refractivity contribution in [2.75, 3.05) is 6.54 Å². The molecule has 1 aliphatic heterocycles. The predicted octanol–water partition coefficient (Wildman–Crippen LogP) is 3.82. The Morgan fingerprint density at radius 3 is 2.64 bits per heavy atom. The first-order chi connectivity index (χ1) is 10.6. The van der Waals surface area contributed by atoms with Crippen LogP contribution in [0.15, 0.2) is 42.5 Å². The predicted molar refractivity (Wildman–Crippen MR) is 89.8 cm³/mol. The lowest BCUT2D eigenvalue weighted by Gasteiger charge is -2.29. The van der Waals surface area contributed by atoms with Gasteiger partial charge in [0.25, 0.3) is 0 Å². The zero-order valence-corrected chi connectivity index (χ0v) is 13.4. The Kier molecular flexibility index (Phi) is 4.28. The van der Waals surface area contributed by atoms with Crippen LogP contribution in [0.1, 0.15) is 34.2 Å². The number of hydrogen-bond acceptors (Lipinski definition) is 1. The Morgan fingerprint density at radius 1 is 1.09 bits per heavy atom. The van der Waals surface area contributed by atoms with Crippen molar-refractivity contribution >= 4 is 5.91 Å². The molecule has 0 atom stereocenters. The number of nitrogens with zero attached hydrogens (tertiary/aromatic N) is 1. The zero-order valence-electron chi connectivity index (χ0n) is 13.4. The minimum Gasteiger partial charge on any atom is -0.338 e. The third-order valence-corrected chi connectivity index (χ3v) is 4.59. The second kappa shape index (κ2) is 6.35. The molecule has 0 N–H and O–H groups in total. The van der Waals surface area contributed by atoms with Gasteiger partial charge >= 0.3 is 0 Å². The molecule has 2 nitrogen and oxygen atoms in total.